The number of carbonyl (C=O) groups is 2. The number of aromatic nitrogens is 1. The van der Waals surface area contributed by atoms with Gasteiger partial charge in [0.2, 0.25) is 0 Å². The number of nitrogens with zero attached hydrogens (tertiary/aromatic N) is 1. The van der Waals surface area contributed by atoms with E-state index in [0.29, 0.717) is 23.1 Å². The van der Waals surface area contributed by atoms with E-state index in [2.05, 4.69) is 15.8 Å². The van der Waals surface area contributed by atoms with Crippen LogP contribution in [0.1, 0.15) is 26.5 Å². The van der Waals surface area contributed by atoms with Crippen LogP contribution in [0.4, 0.5) is 13.2 Å². The van der Waals surface area contributed by atoms with Gasteiger partial charge >= 0.3 is 6.18 Å². The number of alkyl halides is 3. The van der Waals surface area contributed by atoms with E-state index in [4.69, 9.17) is 4.74 Å². The number of ether oxygens (including phenoxy) is 1. The third-order valence-electron chi connectivity index (χ3n) is 4.54. The Morgan fingerprint density at radius 1 is 1.17 bits per heavy atom. The van der Waals surface area contributed by atoms with E-state index in [0.717, 1.165) is 23.0 Å². The van der Waals surface area contributed by atoms with E-state index < -0.39 is 29.8 Å². The normalized spacial score (nSPS) is 15.7. The van der Waals surface area contributed by atoms with Crippen molar-refractivity contribution in [3.05, 3.63) is 58.1 Å². The van der Waals surface area contributed by atoms with Gasteiger partial charge in [0.25, 0.3) is 11.8 Å². The lowest BCUT2D eigenvalue weighted by molar-refractivity contribution is -0.141. The van der Waals surface area contributed by atoms with Gasteiger partial charge in [-0.1, -0.05) is 18.2 Å². The molecule has 0 radical (unpaired) electrons. The van der Waals surface area contributed by atoms with Gasteiger partial charge in [0, 0.05) is 11.8 Å². The van der Waals surface area contributed by atoms with Crippen LogP contribution in [-0.4, -0.2) is 22.9 Å². The quantitative estimate of drug-likeness (QED) is 0.622. The zero-order valence-corrected chi connectivity index (χ0v) is 15.8. The minimum atomic E-state index is -4.57. The van der Waals surface area contributed by atoms with Gasteiger partial charge in [0.15, 0.2) is 6.10 Å². The monoisotopic (exact) mass is 421 g/mol. The Morgan fingerprint density at radius 2 is 1.93 bits per heavy atom. The first-order valence-corrected chi connectivity index (χ1v) is 9.38. The lowest BCUT2D eigenvalue weighted by Gasteiger charge is -2.12. The first kappa shape index (κ1) is 19.2. The van der Waals surface area contributed by atoms with Crippen molar-refractivity contribution >= 4 is 33.4 Å². The number of fused-ring (bicyclic) bond motifs is 2. The van der Waals surface area contributed by atoms with E-state index in [1.165, 1.54) is 6.07 Å². The number of hydrogen-bond donors (Lipinski definition) is 2. The average molecular weight is 421 g/mol. The predicted octanol–water partition coefficient (Wildman–Crippen LogP) is 3.39. The number of amides is 2. The van der Waals surface area contributed by atoms with Gasteiger partial charge in [-0.2, -0.15) is 13.2 Å². The van der Waals surface area contributed by atoms with Crippen molar-refractivity contribution in [1.29, 1.82) is 0 Å². The average Bonchev–Trinajstić information content (AvgIpc) is 3.26. The zero-order chi connectivity index (χ0) is 20.8. The smallest absolute Gasteiger partial charge is 0.433 e. The summed E-state index contributed by atoms with van der Waals surface area (Å²) in [6.07, 6.45) is -4.96. The Balaban J connectivity index is 1.45. The lowest BCUT2D eigenvalue weighted by atomic mass is 10.1. The molecule has 150 valence electrons. The highest BCUT2D eigenvalue weighted by atomic mass is 32.1. The fourth-order valence-corrected chi connectivity index (χ4v) is 4.13. The van der Waals surface area contributed by atoms with Crippen LogP contribution in [0, 0.1) is 6.92 Å². The van der Waals surface area contributed by atoms with Crippen molar-refractivity contribution in [3.8, 4) is 5.75 Å². The van der Waals surface area contributed by atoms with Crippen molar-refractivity contribution in [2.75, 3.05) is 0 Å². The molecular formula is C19H14F3N3O3S. The molecule has 2 aromatic heterocycles. The fraction of sp³-hybridized carbons (Fsp3) is 0.211. The van der Waals surface area contributed by atoms with Gasteiger partial charge in [-0.25, -0.2) is 4.98 Å². The summed E-state index contributed by atoms with van der Waals surface area (Å²) in [5.74, 6) is -0.542. The van der Waals surface area contributed by atoms with Crippen molar-refractivity contribution in [2.24, 2.45) is 0 Å². The minimum absolute atomic E-state index is 0.100. The molecule has 0 saturated carbocycles. The van der Waals surface area contributed by atoms with Crippen LogP contribution >= 0.6 is 11.3 Å². The summed E-state index contributed by atoms with van der Waals surface area (Å²) in [4.78, 5) is 28.6. The van der Waals surface area contributed by atoms with Gasteiger partial charge in [-0.15, -0.1) is 11.3 Å². The minimum Gasteiger partial charge on any atom is -0.480 e. The Kier molecular flexibility index (Phi) is 4.65. The predicted molar refractivity (Wildman–Crippen MR) is 99.5 cm³/mol. The van der Waals surface area contributed by atoms with Crippen LogP contribution < -0.4 is 15.6 Å². The number of rotatable bonds is 2. The summed E-state index contributed by atoms with van der Waals surface area (Å²) in [5.41, 5.74) is 4.96. The molecule has 1 aliphatic heterocycles. The second kappa shape index (κ2) is 7.03. The highest BCUT2D eigenvalue weighted by molar-refractivity contribution is 7.20. The van der Waals surface area contributed by atoms with Gasteiger partial charge in [0.1, 0.15) is 16.3 Å². The van der Waals surface area contributed by atoms with Crippen LogP contribution in [-0.2, 0) is 17.4 Å². The molecule has 1 atom stereocenters. The second-order valence-corrected chi connectivity index (χ2v) is 7.46. The Hall–Kier alpha value is -3.14. The molecule has 0 bridgehead atoms. The summed E-state index contributed by atoms with van der Waals surface area (Å²) >= 11 is 0.830. The summed E-state index contributed by atoms with van der Waals surface area (Å²) < 4.78 is 44.1. The Labute approximate surface area is 166 Å². The maximum atomic E-state index is 12.8. The largest absolute Gasteiger partial charge is 0.480 e. The number of aryl methyl sites for hydroxylation is 1. The van der Waals surface area contributed by atoms with Crippen LogP contribution in [0.25, 0.3) is 10.2 Å². The molecule has 1 aromatic carbocycles. The van der Waals surface area contributed by atoms with Gasteiger partial charge < -0.3 is 4.74 Å². The van der Waals surface area contributed by atoms with E-state index in [1.54, 1.807) is 19.1 Å². The maximum absolute atomic E-state index is 12.8. The Morgan fingerprint density at radius 3 is 2.66 bits per heavy atom. The number of benzene rings is 1. The number of pyridine rings is 1. The van der Waals surface area contributed by atoms with Crippen molar-refractivity contribution < 1.29 is 27.5 Å². The van der Waals surface area contributed by atoms with Crippen LogP contribution in [0.2, 0.25) is 0 Å². The summed E-state index contributed by atoms with van der Waals surface area (Å²) in [5, 5.41) is 0.453. The van der Waals surface area contributed by atoms with Crippen LogP contribution in [0.5, 0.6) is 5.75 Å². The van der Waals surface area contributed by atoms with Gasteiger partial charge in [-0.05, 0) is 36.2 Å². The highest BCUT2D eigenvalue weighted by Gasteiger charge is 2.33. The van der Waals surface area contributed by atoms with Crippen LogP contribution in [0.3, 0.4) is 0 Å². The molecule has 2 amide bonds. The van der Waals surface area contributed by atoms with Gasteiger partial charge in [0.05, 0.1) is 4.88 Å². The number of hydrazine groups is 1. The molecule has 6 nitrogen and oxygen atoms in total. The lowest BCUT2D eigenvalue weighted by Crippen LogP contribution is -2.47. The summed E-state index contributed by atoms with van der Waals surface area (Å²) in [6, 6.07) is 9.40. The number of carbonyl (C=O) groups excluding carboxylic acids is 2. The molecule has 4 rings (SSSR count). The molecule has 1 aliphatic rings. The van der Waals surface area contributed by atoms with E-state index >= 15 is 0 Å². The first-order chi connectivity index (χ1) is 13.7. The molecule has 10 heteroatoms. The molecule has 29 heavy (non-hydrogen) atoms. The molecular weight excluding hydrogens is 407 g/mol. The van der Waals surface area contributed by atoms with Crippen molar-refractivity contribution in [3.63, 3.8) is 0 Å². The van der Waals surface area contributed by atoms with Crippen molar-refractivity contribution in [1.82, 2.24) is 15.8 Å². The molecule has 0 aliphatic carbocycles. The SMILES string of the molecule is Cc1c(C(=O)NNC(=O)C2Cc3ccccc3O2)sc2nc(C(F)(F)F)ccc12. The number of para-hydroxylation sites is 1. The third-order valence-corrected chi connectivity index (χ3v) is 5.74. The topological polar surface area (TPSA) is 80.3 Å². The molecule has 1 unspecified atom stereocenters. The molecule has 0 spiro atoms. The van der Waals surface area contributed by atoms with Gasteiger partial charge in [-0.3, -0.25) is 20.4 Å². The number of thiophene rings is 1. The molecule has 3 aromatic rings. The number of halogens is 3. The standard InChI is InChI=1S/C19H14F3N3O3S/c1-9-11-6-7-14(19(20,21)22)23-18(11)29-15(9)17(27)25-24-16(26)13-8-10-4-2-3-5-12(10)28-13/h2-7,13H,8H2,1H3,(H,24,26)(H,25,27). The van der Waals surface area contributed by atoms with E-state index in [-0.39, 0.29) is 9.71 Å². The second-order valence-electron chi connectivity index (χ2n) is 6.46. The van der Waals surface area contributed by atoms with E-state index in [9.17, 15) is 22.8 Å². The molecule has 2 N–H and O–H groups in total. The zero-order valence-electron chi connectivity index (χ0n) is 15.0. The molecule has 3 heterocycles. The third kappa shape index (κ3) is 3.63. The number of hydrogen-bond acceptors (Lipinski definition) is 5. The highest BCUT2D eigenvalue weighted by Crippen LogP contribution is 2.34. The fourth-order valence-electron chi connectivity index (χ4n) is 3.06. The summed E-state index contributed by atoms with van der Waals surface area (Å²) in [6.45, 7) is 1.61. The molecule has 0 saturated heterocycles. The molecule has 0 fully saturated rings. The van der Waals surface area contributed by atoms with E-state index in [1.807, 2.05) is 12.1 Å². The summed E-state index contributed by atoms with van der Waals surface area (Å²) in [7, 11) is 0. The van der Waals surface area contributed by atoms with Crippen molar-refractivity contribution in [2.45, 2.75) is 25.6 Å². The number of nitrogens with one attached hydrogen (secondary N) is 2. The van der Waals surface area contributed by atoms with Crippen LogP contribution in [0.15, 0.2) is 36.4 Å². The maximum Gasteiger partial charge on any atom is 0.433 e. The first-order valence-electron chi connectivity index (χ1n) is 8.56. The Bertz CT molecular complexity index is 1100.